The molecule has 2 rings (SSSR count). The highest BCUT2D eigenvalue weighted by molar-refractivity contribution is 7.08. The van der Waals surface area contributed by atoms with Crippen molar-refractivity contribution in [2.45, 2.75) is 40.2 Å². The third kappa shape index (κ3) is 3.86. The fraction of sp³-hybridized carbons (Fsp3) is 0.444. The normalized spacial score (nSPS) is 12.4. The standard InChI is InChI=1S/C18H25NOS/c1-5-9-19-18(16-12-21-11-14(16)4)15-10-13(3)7-8-17(15)20-6-2/h7-8,10-12,18-19H,5-6,9H2,1-4H3. The first kappa shape index (κ1) is 16.1. The Hall–Kier alpha value is -1.32. The van der Waals surface area contributed by atoms with Gasteiger partial charge in [-0.3, -0.25) is 0 Å². The maximum Gasteiger partial charge on any atom is 0.124 e. The van der Waals surface area contributed by atoms with Gasteiger partial charge in [-0.05, 0) is 61.7 Å². The Bertz CT molecular complexity index is 576. The van der Waals surface area contributed by atoms with Crippen molar-refractivity contribution in [3.05, 3.63) is 51.2 Å². The average molecular weight is 303 g/mol. The highest BCUT2D eigenvalue weighted by Crippen LogP contribution is 2.34. The van der Waals surface area contributed by atoms with Crippen LogP contribution in [0.3, 0.4) is 0 Å². The molecule has 1 unspecified atom stereocenters. The molecule has 2 aromatic rings. The smallest absolute Gasteiger partial charge is 0.124 e. The van der Waals surface area contributed by atoms with Gasteiger partial charge < -0.3 is 10.1 Å². The van der Waals surface area contributed by atoms with Crippen molar-refractivity contribution >= 4 is 11.3 Å². The van der Waals surface area contributed by atoms with E-state index in [4.69, 9.17) is 4.74 Å². The van der Waals surface area contributed by atoms with Gasteiger partial charge in [-0.25, -0.2) is 0 Å². The molecule has 0 amide bonds. The highest BCUT2D eigenvalue weighted by atomic mass is 32.1. The Morgan fingerprint density at radius 3 is 2.57 bits per heavy atom. The van der Waals surface area contributed by atoms with Crippen LogP contribution in [0.15, 0.2) is 29.0 Å². The lowest BCUT2D eigenvalue weighted by Crippen LogP contribution is -2.24. The summed E-state index contributed by atoms with van der Waals surface area (Å²) in [5.41, 5.74) is 5.22. The quantitative estimate of drug-likeness (QED) is 0.789. The first-order valence-corrected chi connectivity index (χ1v) is 8.61. The van der Waals surface area contributed by atoms with Crippen molar-refractivity contribution in [1.29, 1.82) is 0 Å². The number of thiophene rings is 1. The van der Waals surface area contributed by atoms with E-state index < -0.39 is 0 Å². The van der Waals surface area contributed by atoms with Crippen molar-refractivity contribution in [3.63, 3.8) is 0 Å². The van der Waals surface area contributed by atoms with E-state index in [-0.39, 0.29) is 6.04 Å². The molecule has 114 valence electrons. The molecule has 0 fully saturated rings. The van der Waals surface area contributed by atoms with Crippen LogP contribution in [-0.2, 0) is 0 Å². The summed E-state index contributed by atoms with van der Waals surface area (Å²) in [6.45, 7) is 10.2. The van der Waals surface area contributed by atoms with Gasteiger partial charge in [0.2, 0.25) is 0 Å². The maximum absolute atomic E-state index is 5.85. The van der Waals surface area contributed by atoms with Gasteiger partial charge in [-0.15, -0.1) is 0 Å². The molecule has 0 aliphatic carbocycles. The maximum atomic E-state index is 5.85. The molecule has 1 aromatic heterocycles. The van der Waals surface area contributed by atoms with Crippen LogP contribution in [0.25, 0.3) is 0 Å². The fourth-order valence-corrected chi connectivity index (χ4v) is 3.40. The molecule has 0 aliphatic heterocycles. The minimum Gasteiger partial charge on any atom is -0.494 e. The van der Waals surface area contributed by atoms with Crippen molar-refractivity contribution < 1.29 is 4.74 Å². The van der Waals surface area contributed by atoms with Gasteiger partial charge in [-0.2, -0.15) is 11.3 Å². The monoisotopic (exact) mass is 303 g/mol. The lowest BCUT2D eigenvalue weighted by Gasteiger charge is -2.22. The van der Waals surface area contributed by atoms with E-state index in [1.54, 1.807) is 11.3 Å². The lowest BCUT2D eigenvalue weighted by molar-refractivity contribution is 0.333. The summed E-state index contributed by atoms with van der Waals surface area (Å²) in [7, 11) is 0. The van der Waals surface area contributed by atoms with Gasteiger partial charge in [0, 0.05) is 5.56 Å². The molecule has 1 heterocycles. The Balaban J connectivity index is 2.45. The molecule has 0 saturated heterocycles. The molecule has 0 radical (unpaired) electrons. The second-order valence-corrected chi connectivity index (χ2v) is 6.12. The Morgan fingerprint density at radius 1 is 1.14 bits per heavy atom. The lowest BCUT2D eigenvalue weighted by atomic mass is 9.96. The summed E-state index contributed by atoms with van der Waals surface area (Å²) in [5, 5.41) is 8.15. The summed E-state index contributed by atoms with van der Waals surface area (Å²) < 4.78 is 5.85. The molecule has 2 nitrogen and oxygen atoms in total. The number of benzene rings is 1. The van der Waals surface area contributed by atoms with Gasteiger partial charge in [0.15, 0.2) is 0 Å². The third-order valence-corrected chi connectivity index (χ3v) is 4.46. The topological polar surface area (TPSA) is 21.3 Å². The van der Waals surface area contributed by atoms with E-state index in [2.05, 4.69) is 55.0 Å². The molecule has 21 heavy (non-hydrogen) atoms. The zero-order chi connectivity index (χ0) is 15.2. The molecule has 0 aliphatic rings. The van der Waals surface area contributed by atoms with Gasteiger partial charge in [0.05, 0.1) is 12.6 Å². The van der Waals surface area contributed by atoms with Crippen LogP contribution in [0.1, 0.15) is 48.6 Å². The van der Waals surface area contributed by atoms with Crippen LogP contribution in [0.5, 0.6) is 5.75 Å². The van der Waals surface area contributed by atoms with Crippen LogP contribution >= 0.6 is 11.3 Å². The second-order valence-electron chi connectivity index (χ2n) is 5.37. The van der Waals surface area contributed by atoms with Crippen molar-refractivity contribution in [2.75, 3.05) is 13.2 Å². The summed E-state index contributed by atoms with van der Waals surface area (Å²) in [6.07, 6.45) is 1.12. The molecular weight excluding hydrogens is 278 g/mol. The number of hydrogen-bond acceptors (Lipinski definition) is 3. The Morgan fingerprint density at radius 2 is 1.95 bits per heavy atom. The molecule has 3 heteroatoms. The van der Waals surface area contributed by atoms with Crippen LogP contribution in [0.2, 0.25) is 0 Å². The van der Waals surface area contributed by atoms with E-state index in [1.807, 2.05) is 6.92 Å². The van der Waals surface area contributed by atoms with Crippen LogP contribution < -0.4 is 10.1 Å². The van der Waals surface area contributed by atoms with Crippen LogP contribution in [-0.4, -0.2) is 13.2 Å². The van der Waals surface area contributed by atoms with Crippen molar-refractivity contribution in [1.82, 2.24) is 5.32 Å². The number of hydrogen-bond donors (Lipinski definition) is 1. The number of rotatable bonds is 7. The second kappa shape index (κ2) is 7.62. The number of ether oxygens (including phenoxy) is 1. The van der Waals surface area contributed by atoms with E-state index in [0.717, 1.165) is 18.7 Å². The van der Waals surface area contributed by atoms with Gasteiger partial charge >= 0.3 is 0 Å². The summed E-state index contributed by atoms with van der Waals surface area (Å²) in [5.74, 6) is 0.988. The Labute approximate surface area is 132 Å². The molecular formula is C18H25NOS. The van der Waals surface area contributed by atoms with Crippen molar-refractivity contribution in [2.24, 2.45) is 0 Å². The van der Waals surface area contributed by atoms with Gasteiger partial charge in [0.25, 0.3) is 0 Å². The summed E-state index contributed by atoms with van der Waals surface area (Å²) >= 11 is 1.77. The van der Waals surface area contributed by atoms with Crippen LogP contribution in [0.4, 0.5) is 0 Å². The van der Waals surface area contributed by atoms with Crippen LogP contribution in [0, 0.1) is 13.8 Å². The minimum absolute atomic E-state index is 0.206. The molecule has 1 aromatic carbocycles. The fourth-order valence-electron chi connectivity index (χ4n) is 2.52. The zero-order valence-electron chi connectivity index (χ0n) is 13.4. The van der Waals surface area contributed by atoms with Crippen molar-refractivity contribution in [3.8, 4) is 5.75 Å². The van der Waals surface area contributed by atoms with Gasteiger partial charge in [0.1, 0.15) is 5.75 Å². The third-order valence-electron chi connectivity index (χ3n) is 3.58. The first-order valence-electron chi connectivity index (χ1n) is 7.66. The highest BCUT2D eigenvalue weighted by Gasteiger charge is 2.20. The summed E-state index contributed by atoms with van der Waals surface area (Å²) in [4.78, 5) is 0. The molecule has 0 bridgehead atoms. The predicted octanol–water partition coefficient (Wildman–Crippen LogP) is 4.85. The first-order chi connectivity index (χ1) is 10.2. The molecule has 0 saturated carbocycles. The zero-order valence-corrected chi connectivity index (χ0v) is 14.2. The molecule has 1 atom stereocenters. The Kier molecular flexibility index (Phi) is 5.83. The van der Waals surface area contributed by atoms with E-state index in [0.29, 0.717) is 6.61 Å². The SMILES string of the molecule is CCCNC(c1cscc1C)c1cc(C)ccc1OCC. The van der Waals surface area contributed by atoms with E-state index in [1.165, 1.54) is 22.3 Å². The molecule has 0 spiro atoms. The number of nitrogens with one attached hydrogen (secondary N) is 1. The van der Waals surface area contributed by atoms with E-state index >= 15 is 0 Å². The summed E-state index contributed by atoms with van der Waals surface area (Å²) in [6, 6.07) is 6.66. The minimum atomic E-state index is 0.206. The number of aryl methyl sites for hydroxylation is 2. The molecule has 1 N–H and O–H groups in total. The predicted molar refractivity (Wildman–Crippen MR) is 91.5 cm³/mol. The largest absolute Gasteiger partial charge is 0.494 e. The van der Waals surface area contributed by atoms with E-state index in [9.17, 15) is 0 Å². The van der Waals surface area contributed by atoms with Gasteiger partial charge in [-0.1, -0.05) is 24.6 Å². The average Bonchev–Trinajstić information content (AvgIpc) is 2.88.